The van der Waals surface area contributed by atoms with E-state index in [9.17, 15) is 0 Å². The van der Waals surface area contributed by atoms with Gasteiger partial charge in [-0.3, -0.25) is 0 Å². The van der Waals surface area contributed by atoms with Crippen molar-refractivity contribution >= 4 is 30.1 Å². The summed E-state index contributed by atoms with van der Waals surface area (Å²) in [4.78, 5) is 0. The van der Waals surface area contributed by atoms with Crippen LogP contribution >= 0.6 is 15.9 Å². The Hall–Kier alpha value is -2.42. The van der Waals surface area contributed by atoms with Crippen LogP contribution < -0.4 is 0 Å². The molecule has 0 aromatic heterocycles. The third-order valence-electron chi connectivity index (χ3n) is 7.83. The zero-order chi connectivity index (χ0) is 22.2. The van der Waals surface area contributed by atoms with Gasteiger partial charge in [0.15, 0.2) is 0 Å². The first-order chi connectivity index (χ1) is 15.4. The van der Waals surface area contributed by atoms with Crippen molar-refractivity contribution in [2.45, 2.75) is 38.4 Å². The van der Waals surface area contributed by atoms with E-state index in [2.05, 4.69) is 122 Å². The van der Waals surface area contributed by atoms with Gasteiger partial charge in [-0.1, -0.05) is 102 Å². The Kier molecular flexibility index (Phi) is 4.44. The number of fused-ring (bicyclic) bond motifs is 5. The van der Waals surface area contributed by atoms with E-state index in [0.717, 1.165) is 4.47 Å². The molecule has 3 aliphatic rings. The van der Waals surface area contributed by atoms with Crippen molar-refractivity contribution in [1.29, 1.82) is 0 Å². The quantitative estimate of drug-likeness (QED) is 0.312. The summed E-state index contributed by atoms with van der Waals surface area (Å²) in [7, 11) is -1.93. The average Bonchev–Trinajstić information content (AvgIpc) is 3.29. The van der Waals surface area contributed by atoms with Crippen LogP contribution in [0.5, 0.6) is 0 Å². The van der Waals surface area contributed by atoms with E-state index in [4.69, 9.17) is 0 Å². The summed E-state index contributed by atoms with van der Waals surface area (Å²) in [5.74, 6) is 0.429. The van der Waals surface area contributed by atoms with Gasteiger partial charge in [-0.2, -0.15) is 0 Å². The molecule has 0 bridgehead atoms. The summed E-state index contributed by atoms with van der Waals surface area (Å²) in [5, 5.41) is 1.64. The van der Waals surface area contributed by atoms with E-state index in [1.54, 1.807) is 5.20 Å². The van der Waals surface area contributed by atoms with E-state index in [1.165, 1.54) is 50.1 Å². The average molecular weight is 496 g/mol. The Bertz CT molecular complexity index is 1340. The molecule has 3 aromatic rings. The van der Waals surface area contributed by atoms with Crippen LogP contribution in [0.1, 0.15) is 47.6 Å². The number of rotatable bonds is 2. The highest BCUT2D eigenvalue weighted by Gasteiger charge is 2.46. The minimum atomic E-state index is -1.93. The highest BCUT2D eigenvalue weighted by Crippen LogP contribution is 2.55. The van der Waals surface area contributed by atoms with Gasteiger partial charge in [0.05, 0.1) is 8.07 Å². The Morgan fingerprint density at radius 1 is 0.781 bits per heavy atom. The van der Waals surface area contributed by atoms with Gasteiger partial charge in [0.2, 0.25) is 0 Å². The summed E-state index contributed by atoms with van der Waals surface area (Å²) >= 11 is 3.69. The fourth-order valence-electron chi connectivity index (χ4n) is 6.57. The van der Waals surface area contributed by atoms with E-state index >= 15 is 0 Å². The second-order valence-corrected chi connectivity index (χ2v) is 15.5. The van der Waals surface area contributed by atoms with Crippen molar-refractivity contribution in [2.75, 3.05) is 0 Å². The van der Waals surface area contributed by atoms with E-state index < -0.39 is 8.07 Å². The van der Waals surface area contributed by atoms with Gasteiger partial charge in [0.1, 0.15) is 0 Å². The molecule has 0 radical (unpaired) electrons. The summed E-state index contributed by atoms with van der Waals surface area (Å²) in [5.41, 5.74) is 13.7. The van der Waals surface area contributed by atoms with Crippen molar-refractivity contribution in [2.24, 2.45) is 0 Å². The van der Waals surface area contributed by atoms with E-state index in [-0.39, 0.29) is 0 Å². The monoisotopic (exact) mass is 494 g/mol. The highest BCUT2D eigenvalue weighted by atomic mass is 79.9. The maximum Gasteiger partial charge on any atom is 0.0939 e. The third-order valence-corrected chi connectivity index (χ3v) is 12.3. The normalized spacial score (nSPS) is 19.2. The lowest BCUT2D eigenvalue weighted by molar-refractivity contribution is 0.900. The van der Waals surface area contributed by atoms with Crippen molar-refractivity contribution in [3.8, 4) is 11.1 Å². The topological polar surface area (TPSA) is 0 Å². The van der Waals surface area contributed by atoms with Crippen LogP contribution in [0, 0.1) is 0 Å². The molecule has 0 fully saturated rings. The fourth-order valence-corrected chi connectivity index (χ4v) is 11.3. The number of halogens is 1. The molecule has 6 rings (SSSR count). The zero-order valence-corrected chi connectivity index (χ0v) is 21.6. The Morgan fingerprint density at radius 2 is 1.41 bits per heavy atom. The highest BCUT2D eigenvalue weighted by molar-refractivity contribution is 9.10. The van der Waals surface area contributed by atoms with Gasteiger partial charge in [0, 0.05) is 15.9 Å². The molecule has 1 atom stereocenters. The first kappa shape index (κ1) is 20.2. The molecule has 0 nitrogen and oxygen atoms in total. The first-order valence-electron chi connectivity index (χ1n) is 11.5. The summed E-state index contributed by atoms with van der Waals surface area (Å²) < 4.78 is 1.16. The Morgan fingerprint density at radius 3 is 2.06 bits per heavy atom. The van der Waals surface area contributed by atoms with Crippen LogP contribution in [0.25, 0.3) is 17.2 Å². The van der Waals surface area contributed by atoms with Crippen LogP contribution in [-0.4, -0.2) is 8.07 Å². The Labute approximate surface area is 200 Å². The summed E-state index contributed by atoms with van der Waals surface area (Å²) in [6, 6.07) is 24.9. The lowest BCUT2D eigenvalue weighted by atomic mass is 9.81. The standard InChI is InChI=1S/C30H27BrSi/c1-18-15-27-19(2)22-14-13-21(31)16-20(22)17-28(27)29(18)32(3,4)30-25-11-7-5-9-23(25)24-10-6-8-12-26(24)30/h5-17,19,30H,1-4H3. The van der Waals surface area contributed by atoms with Gasteiger partial charge in [0.25, 0.3) is 0 Å². The predicted molar refractivity (Wildman–Crippen MR) is 143 cm³/mol. The predicted octanol–water partition coefficient (Wildman–Crippen LogP) is 8.81. The SMILES string of the molecule is CC1=C([Si](C)(C)C2c3ccccc3-c3ccccc32)C2=Cc3cc(Br)ccc3C(C)C2=C1. The van der Waals surface area contributed by atoms with Crippen molar-refractivity contribution in [3.63, 3.8) is 0 Å². The van der Waals surface area contributed by atoms with Crippen molar-refractivity contribution in [3.05, 3.63) is 121 Å². The van der Waals surface area contributed by atoms with Crippen LogP contribution in [0.3, 0.4) is 0 Å². The van der Waals surface area contributed by atoms with Gasteiger partial charge in [-0.05, 0) is 74.9 Å². The number of hydrogen-bond acceptors (Lipinski definition) is 0. The first-order valence-corrected chi connectivity index (χ1v) is 15.4. The van der Waals surface area contributed by atoms with Crippen LogP contribution in [0.15, 0.2) is 99.2 Å². The molecule has 0 saturated heterocycles. The molecule has 0 N–H and O–H groups in total. The Balaban J connectivity index is 1.54. The molecule has 1 unspecified atom stereocenters. The molecule has 0 saturated carbocycles. The van der Waals surface area contributed by atoms with Gasteiger partial charge >= 0.3 is 0 Å². The summed E-state index contributed by atoms with van der Waals surface area (Å²) in [6.07, 6.45) is 4.96. The molecule has 0 heterocycles. The molecular formula is C30H27BrSi. The molecule has 0 spiro atoms. The van der Waals surface area contributed by atoms with Crippen LogP contribution in [0.2, 0.25) is 13.1 Å². The molecule has 32 heavy (non-hydrogen) atoms. The number of benzene rings is 3. The minimum absolute atomic E-state index is 0.429. The lowest BCUT2D eigenvalue weighted by Crippen LogP contribution is -2.39. The van der Waals surface area contributed by atoms with Crippen molar-refractivity contribution < 1.29 is 0 Å². The molecule has 158 valence electrons. The maximum absolute atomic E-state index is 3.69. The maximum atomic E-state index is 3.69. The fraction of sp³-hybridized carbons (Fsp3) is 0.200. The number of allylic oxidation sites excluding steroid dienone is 5. The van der Waals surface area contributed by atoms with Crippen molar-refractivity contribution in [1.82, 2.24) is 0 Å². The van der Waals surface area contributed by atoms with Gasteiger partial charge in [-0.25, -0.2) is 0 Å². The second kappa shape index (κ2) is 7.04. The molecule has 3 aromatic carbocycles. The molecule has 0 amide bonds. The molecule has 3 aliphatic carbocycles. The van der Waals surface area contributed by atoms with Gasteiger partial charge in [-0.15, -0.1) is 0 Å². The smallest absolute Gasteiger partial charge is 0.0647 e. The van der Waals surface area contributed by atoms with Gasteiger partial charge < -0.3 is 0 Å². The largest absolute Gasteiger partial charge is 0.0939 e. The lowest BCUT2D eigenvalue weighted by Gasteiger charge is -2.36. The summed E-state index contributed by atoms with van der Waals surface area (Å²) in [6.45, 7) is 9.90. The number of hydrogen-bond donors (Lipinski definition) is 0. The second-order valence-electron chi connectivity index (χ2n) is 10.0. The van der Waals surface area contributed by atoms with E-state index in [0.29, 0.717) is 11.5 Å². The minimum Gasteiger partial charge on any atom is -0.0647 e. The van der Waals surface area contributed by atoms with Crippen LogP contribution in [-0.2, 0) is 0 Å². The third kappa shape index (κ3) is 2.72. The molecule has 2 heteroatoms. The molecule has 0 aliphatic heterocycles. The van der Waals surface area contributed by atoms with Crippen LogP contribution in [0.4, 0.5) is 0 Å². The zero-order valence-electron chi connectivity index (χ0n) is 19.0. The molecular weight excluding hydrogens is 468 g/mol. The van der Waals surface area contributed by atoms with E-state index in [1.807, 2.05) is 0 Å².